The second-order valence-electron chi connectivity index (χ2n) is 9.22. The molecule has 0 spiro atoms. The number of para-hydroxylation sites is 2. The number of methoxy groups -OCH3 is 1. The fourth-order valence-corrected chi connectivity index (χ4v) is 5.87. The van der Waals surface area contributed by atoms with Crippen LogP contribution in [-0.4, -0.2) is 36.8 Å². The van der Waals surface area contributed by atoms with Gasteiger partial charge >= 0.3 is 6.18 Å². The van der Waals surface area contributed by atoms with E-state index in [1.54, 1.807) is 43.5 Å². The highest BCUT2D eigenvalue weighted by molar-refractivity contribution is 7.89. The van der Waals surface area contributed by atoms with E-state index in [2.05, 4.69) is 9.97 Å². The Hall–Kier alpha value is -4.19. The molecule has 0 aliphatic rings. The lowest BCUT2D eigenvalue weighted by Gasteiger charge is -2.20. The molecule has 0 aliphatic heterocycles. The second-order valence-corrected chi connectivity index (χ2v) is 11.6. The fraction of sp³-hybridized carbons (Fsp3) is 0.133. The summed E-state index contributed by atoms with van der Waals surface area (Å²) in [4.78, 5) is 8.01. The molecule has 0 bridgehead atoms. The SMILES string of the molecule is COc1ccc(CN(C)S(=O)(=O)c2ccccc2Oc2ccc(Cl)c(-c3ncnc4c(C(F)(F)F)cccc34)c2)cc1. The number of benzene rings is 4. The third kappa shape index (κ3) is 5.89. The molecule has 216 valence electrons. The Labute approximate surface area is 245 Å². The largest absolute Gasteiger partial charge is 0.497 e. The van der Waals surface area contributed by atoms with Crippen LogP contribution in [0.3, 0.4) is 0 Å². The first-order valence-electron chi connectivity index (χ1n) is 12.5. The lowest BCUT2D eigenvalue weighted by molar-refractivity contribution is -0.136. The molecule has 0 fully saturated rings. The molecule has 42 heavy (non-hydrogen) atoms. The molecule has 0 unspecified atom stereocenters. The molecule has 7 nitrogen and oxygen atoms in total. The number of rotatable bonds is 8. The topological polar surface area (TPSA) is 81.6 Å². The maximum Gasteiger partial charge on any atom is 0.418 e. The number of alkyl halides is 3. The van der Waals surface area contributed by atoms with Crippen molar-refractivity contribution in [3.63, 3.8) is 0 Å². The number of aromatic nitrogens is 2. The van der Waals surface area contributed by atoms with Crippen molar-refractivity contribution in [2.24, 2.45) is 0 Å². The minimum absolute atomic E-state index is 0.0549. The van der Waals surface area contributed by atoms with Gasteiger partial charge in [0.1, 0.15) is 28.5 Å². The van der Waals surface area contributed by atoms with Crippen LogP contribution >= 0.6 is 11.6 Å². The van der Waals surface area contributed by atoms with E-state index in [9.17, 15) is 21.6 Å². The van der Waals surface area contributed by atoms with Crippen molar-refractivity contribution < 1.29 is 31.1 Å². The molecule has 5 aromatic rings. The number of halogens is 4. The molecular weight excluding hydrogens is 591 g/mol. The Morgan fingerprint density at radius 2 is 1.62 bits per heavy atom. The monoisotopic (exact) mass is 613 g/mol. The molecular formula is C30H23ClF3N3O4S. The van der Waals surface area contributed by atoms with Crippen LogP contribution in [0.25, 0.3) is 22.2 Å². The van der Waals surface area contributed by atoms with Gasteiger partial charge in [0.2, 0.25) is 10.0 Å². The van der Waals surface area contributed by atoms with Crippen molar-refractivity contribution in [2.75, 3.05) is 14.2 Å². The number of hydrogen-bond acceptors (Lipinski definition) is 6. The van der Waals surface area contributed by atoms with Crippen LogP contribution < -0.4 is 9.47 Å². The Morgan fingerprint density at radius 1 is 0.905 bits per heavy atom. The molecule has 12 heteroatoms. The third-order valence-corrected chi connectivity index (χ3v) is 8.67. The van der Waals surface area contributed by atoms with E-state index in [-0.39, 0.29) is 50.1 Å². The van der Waals surface area contributed by atoms with Crippen LogP contribution in [0.4, 0.5) is 13.2 Å². The molecule has 0 aliphatic carbocycles. The van der Waals surface area contributed by atoms with Gasteiger partial charge in [0.15, 0.2) is 0 Å². The molecule has 1 heterocycles. The number of ether oxygens (including phenoxy) is 2. The first-order chi connectivity index (χ1) is 20.0. The average molecular weight is 614 g/mol. The van der Waals surface area contributed by atoms with Gasteiger partial charge in [0.05, 0.1) is 28.9 Å². The maximum atomic E-state index is 13.6. The number of nitrogens with zero attached hydrogens (tertiary/aromatic N) is 3. The molecule has 1 aromatic heterocycles. The summed E-state index contributed by atoms with van der Waals surface area (Å²) >= 11 is 6.46. The predicted molar refractivity (Wildman–Crippen MR) is 153 cm³/mol. The quantitative estimate of drug-likeness (QED) is 0.179. The zero-order valence-corrected chi connectivity index (χ0v) is 23.8. The summed E-state index contributed by atoms with van der Waals surface area (Å²) in [7, 11) is -0.986. The van der Waals surface area contributed by atoms with Crippen LogP contribution in [-0.2, 0) is 22.7 Å². The summed E-state index contributed by atoms with van der Waals surface area (Å²) in [5.41, 5.74) is 0.0479. The molecule has 0 amide bonds. The van der Waals surface area contributed by atoms with Crippen LogP contribution in [0.15, 0.2) is 96.2 Å². The van der Waals surface area contributed by atoms with E-state index in [0.717, 1.165) is 18.0 Å². The van der Waals surface area contributed by atoms with Gasteiger partial charge in [-0.15, -0.1) is 0 Å². The summed E-state index contributed by atoms with van der Waals surface area (Å²) < 4.78 is 80.4. The number of hydrogen-bond donors (Lipinski definition) is 0. The predicted octanol–water partition coefficient (Wildman–Crippen LogP) is 7.59. The van der Waals surface area contributed by atoms with Crippen molar-refractivity contribution in [3.05, 3.63) is 107 Å². The first-order valence-corrected chi connectivity index (χ1v) is 14.3. The fourth-order valence-electron chi connectivity index (χ4n) is 4.40. The molecule has 0 atom stereocenters. The Balaban J connectivity index is 1.49. The van der Waals surface area contributed by atoms with Gasteiger partial charge in [-0.3, -0.25) is 0 Å². The van der Waals surface area contributed by atoms with E-state index < -0.39 is 21.8 Å². The number of fused-ring (bicyclic) bond motifs is 1. The van der Waals surface area contributed by atoms with Gasteiger partial charge in [0, 0.05) is 24.5 Å². The minimum Gasteiger partial charge on any atom is -0.497 e. The van der Waals surface area contributed by atoms with E-state index in [4.69, 9.17) is 21.1 Å². The highest BCUT2D eigenvalue weighted by atomic mass is 35.5. The van der Waals surface area contributed by atoms with Gasteiger partial charge in [-0.05, 0) is 54.1 Å². The summed E-state index contributed by atoms with van der Waals surface area (Å²) in [5.74, 6) is 0.911. The van der Waals surface area contributed by atoms with Gasteiger partial charge in [0.25, 0.3) is 0 Å². The van der Waals surface area contributed by atoms with Crippen molar-refractivity contribution in [2.45, 2.75) is 17.6 Å². The van der Waals surface area contributed by atoms with Gasteiger partial charge < -0.3 is 9.47 Å². The zero-order chi connectivity index (χ0) is 30.1. The molecule has 0 saturated carbocycles. The maximum absolute atomic E-state index is 13.6. The Bertz CT molecular complexity index is 1870. The Kier molecular flexibility index (Phi) is 8.09. The summed E-state index contributed by atoms with van der Waals surface area (Å²) in [6.07, 6.45) is -3.58. The smallest absolute Gasteiger partial charge is 0.418 e. The number of sulfonamides is 1. The lowest BCUT2D eigenvalue weighted by Crippen LogP contribution is -2.26. The molecule has 0 radical (unpaired) electrons. The van der Waals surface area contributed by atoms with Gasteiger partial charge in [-0.25, -0.2) is 18.4 Å². The average Bonchev–Trinajstić information content (AvgIpc) is 2.97. The van der Waals surface area contributed by atoms with E-state index in [1.165, 1.54) is 53.8 Å². The highest BCUT2D eigenvalue weighted by Crippen LogP contribution is 2.40. The van der Waals surface area contributed by atoms with E-state index >= 15 is 0 Å². The zero-order valence-electron chi connectivity index (χ0n) is 22.3. The van der Waals surface area contributed by atoms with Crippen molar-refractivity contribution in [1.82, 2.24) is 14.3 Å². The van der Waals surface area contributed by atoms with Crippen molar-refractivity contribution in [1.29, 1.82) is 0 Å². The van der Waals surface area contributed by atoms with Crippen molar-refractivity contribution in [3.8, 4) is 28.5 Å². The molecule has 0 saturated heterocycles. The summed E-state index contributed by atoms with van der Waals surface area (Å²) in [6, 6.07) is 21.4. The lowest BCUT2D eigenvalue weighted by atomic mass is 10.0. The second kappa shape index (κ2) is 11.6. The Morgan fingerprint density at radius 3 is 2.33 bits per heavy atom. The van der Waals surface area contributed by atoms with Crippen LogP contribution in [0.2, 0.25) is 5.02 Å². The molecule has 5 rings (SSSR count). The normalized spacial score (nSPS) is 12.1. The highest BCUT2D eigenvalue weighted by Gasteiger charge is 2.33. The van der Waals surface area contributed by atoms with Crippen LogP contribution in [0.5, 0.6) is 17.2 Å². The first kappa shape index (κ1) is 29.3. The standard InChI is InChI=1S/C30H23ClF3N3O4S/c1-37(17-19-10-12-20(40-2)13-11-19)42(38,39)27-9-4-3-8-26(27)41-21-14-15-25(31)23(16-21)28-22-6-5-7-24(30(32,33)34)29(22)36-18-35-28/h3-16,18H,17H2,1-2H3. The van der Waals surface area contributed by atoms with Crippen LogP contribution in [0.1, 0.15) is 11.1 Å². The van der Waals surface area contributed by atoms with Crippen molar-refractivity contribution >= 4 is 32.5 Å². The van der Waals surface area contributed by atoms with E-state index in [0.29, 0.717) is 5.75 Å². The summed E-state index contributed by atoms with van der Waals surface area (Å²) in [5, 5.41) is 0.356. The van der Waals surface area contributed by atoms with Crippen LogP contribution in [0, 0.1) is 0 Å². The molecule has 0 N–H and O–H groups in total. The third-order valence-electron chi connectivity index (χ3n) is 6.49. The van der Waals surface area contributed by atoms with E-state index in [1.807, 2.05) is 0 Å². The van der Waals surface area contributed by atoms with Gasteiger partial charge in [-0.2, -0.15) is 17.5 Å². The minimum atomic E-state index is -4.62. The summed E-state index contributed by atoms with van der Waals surface area (Å²) in [6.45, 7) is 0.104. The van der Waals surface area contributed by atoms with Gasteiger partial charge in [-0.1, -0.05) is 48.0 Å². The molecule has 4 aromatic carbocycles.